The van der Waals surface area contributed by atoms with E-state index in [-0.39, 0.29) is 5.41 Å². The first-order valence-corrected chi connectivity index (χ1v) is 7.25. The summed E-state index contributed by atoms with van der Waals surface area (Å²) in [6, 6.07) is 3.81. The van der Waals surface area contributed by atoms with E-state index in [1.807, 2.05) is 26.0 Å². The van der Waals surface area contributed by atoms with Crippen LogP contribution in [0.4, 0.5) is 5.82 Å². The second kappa shape index (κ2) is 5.08. The fourth-order valence-electron chi connectivity index (χ4n) is 2.28. The van der Waals surface area contributed by atoms with Gasteiger partial charge in [0.1, 0.15) is 11.6 Å². The van der Waals surface area contributed by atoms with Gasteiger partial charge in [0.05, 0.1) is 5.69 Å². The molecule has 3 aromatic rings. The molecule has 0 atom stereocenters. The lowest BCUT2D eigenvalue weighted by Gasteiger charge is -2.15. The van der Waals surface area contributed by atoms with Gasteiger partial charge in [0.25, 0.3) is 0 Å². The highest BCUT2D eigenvalue weighted by Crippen LogP contribution is 2.21. The minimum absolute atomic E-state index is 0.118. The highest BCUT2D eigenvalue weighted by Gasteiger charge is 2.21. The first-order valence-electron chi connectivity index (χ1n) is 7.25. The van der Waals surface area contributed by atoms with E-state index in [0.29, 0.717) is 6.54 Å². The second-order valence-electron chi connectivity index (χ2n) is 6.42. The number of fused-ring (bicyclic) bond motifs is 1. The number of hydrogen-bond acceptors (Lipinski definition) is 6. The molecule has 0 saturated carbocycles. The van der Waals surface area contributed by atoms with Crippen LogP contribution in [0.2, 0.25) is 0 Å². The predicted octanol–water partition coefficient (Wildman–Crippen LogP) is 2.64. The fraction of sp³-hybridized carbons (Fsp3) is 0.467. The molecule has 0 bridgehead atoms. The van der Waals surface area contributed by atoms with E-state index < -0.39 is 0 Å². The number of aromatic nitrogens is 5. The number of anilines is 1. The van der Waals surface area contributed by atoms with E-state index in [4.69, 9.17) is 4.52 Å². The van der Waals surface area contributed by atoms with Crippen LogP contribution in [0.25, 0.3) is 5.65 Å². The van der Waals surface area contributed by atoms with Gasteiger partial charge in [0.15, 0.2) is 11.5 Å². The number of hydrogen-bond donors (Lipinski definition) is 1. The van der Waals surface area contributed by atoms with Crippen molar-refractivity contribution in [1.29, 1.82) is 0 Å². The van der Waals surface area contributed by atoms with Crippen LogP contribution >= 0.6 is 0 Å². The summed E-state index contributed by atoms with van der Waals surface area (Å²) in [5.74, 6) is 2.42. The van der Waals surface area contributed by atoms with Crippen LogP contribution < -0.4 is 5.32 Å². The molecule has 3 heterocycles. The minimum atomic E-state index is -0.118. The lowest BCUT2D eigenvalue weighted by molar-refractivity contribution is 0.392. The molecule has 3 aromatic heterocycles. The molecule has 0 fully saturated rings. The van der Waals surface area contributed by atoms with Crippen molar-refractivity contribution in [3.63, 3.8) is 0 Å². The van der Waals surface area contributed by atoms with Crippen molar-refractivity contribution in [3.05, 3.63) is 35.0 Å². The summed E-state index contributed by atoms with van der Waals surface area (Å²) in [7, 11) is 0. The zero-order valence-electron chi connectivity index (χ0n) is 13.5. The largest absolute Gasteiger partial charge is 0.364 e. The van der Waals surface area contributed by atoms with Crippen LogP contribution in [0.5, 0.6) is 0 Å². The van der Waals surface area contributed by atoms with E-state index in [1.54, 1.807) is 4.52 Å². The summed E-state index contributed by atoms with van der Waals surface area (Å²) in [4.78, 5) is 0. The highest BCUT2D eigenvalue weighted by molar-refractivity contribution is 5.45. The normalized spacial score (nSPS) is 12.0. The number of rotatable bonds is 3. The first kappa shape index (κ1) is 14.5. The molecular weight excluding hydrogens is 280 g/mol. The van der Waals surface area contributed by atoms with Crippen molar-refractivity contribution in [1.82, 2.24) is 25.0 Å². The molecule has 0 unspecified atom stereocenters. The average Bonchev–Trinajstić information content (AvgIpc) is 3.00. The van der Waals surface area contributed by atoms with Crippen LogP contribution in [-0.2, 0) is 12.0 Å². The molecule has 0 amide bonds. The van der Waals surface area contributed by atoms with Gasteiger partial charge in [-0.1, -0.05) is 25.9 Å². The van der Waals surface area contributed by atoms with Gasteiger partial charge in [0.2, 0.25) is 0 Å². The van der Waals surface area contributed by atoms with Crippen LogP contribution in [0.1, 0.15) is 43.6 Å². The number of nitrogens with one attached hydrogen (secondary N) is 1. The van der Waals surface area contributed by atoms with Gasteiger partial charge in [-0.15, -0.1) is 15.3 Å². The van der Waals surface area contributed by atoms with Crippen molar-refractivity contribution in [2.45, 2.75) is 46.6 Å². The molecule has 1 N–H and O–H groups in total. The van der Waals surface area contributed by atoms with E-state index in [1.165, 1.54) is 0 Å². The summed E-state index contributed by atoms with van der Waals surface area (Å²) >= 11 is 0. The lowest BCUT2D eigenvalue weighted by Crippen LogP contribution is -2.17. The van der Waals surface area contributed by atoms with Crippen molar-refractivity contribution in [2.75, 3.05) is 5.32 Å². The molecule has 0 spiro atoms. The van der Waals surface area contributed by atoms with Gasteiger partial charge in [-0.25, -0.2) is 0 Å². The Morgan fingerprint density at radius 3 is 2.59 bits per heavy atom. The molecule has 7 heteroatoms. The van der Waals surface area contributed by atoms with Gasteiger partial charge < -0.3 is 9.84 Å². The Hall–Kier alpha value is -2.44. The number of nitrogens with zero attached hydrogens (tertiary/aromatic N) is 5. The Balaban J connectivity index is 1.89. The van der Waals surface area contributed by atoms with Gasteiger partial charge in [-0.3, -0.25) is 0 Å². The molecule has 0 saturated heterocycles. The van der Waals surface area contributed by atoms with Crippen LogP contribution in [-0.4, -0.2) is 25.0 Å². The molecule has 116 valence electrons. The van der Waals surface area contributed by atoms with Crippen LogP contribution in [0.15, 0.2) is 16.7 Å². The fourth-order valence-corrected chi connectivity index (χ4v) is 2.28. The van der Waals surface area contributed by atoms with E-state index in [2.05, 4.69) is 46.5 Å². The summed E-state index contributed by atoms with van der Waals surface area (Å²) in [6.07, 6.45) is 0. The first-order chi connectivity index (χ1) is 10.4. The van der Waals surface area contributed by atoms with E-state index in [9.17, 15) is 0 Å². The second-order valence-corrected chi connectivity index (χ2v) is 6.42. The van der Waals surface area contributed by atoms with Crippen molar-refractivity contribution in [3.8, 4) is 0 Å². The molecule has 0 aliphatic heterocycles. The lowest BCUT2D eigenvalue weighted by atomic mass is 9.96. The molecule has 0 aliphatic carbocycles. The zero-order chi connectivity index (χ0) is 15.9. The predicted molar refractivity (Wildman–Crippen MR) is 82.8 cm³/mol. The zero-order valence-corrected chi connectivity index (χ0v) is 13.5. The Labute approximate surface area is 128 Å². The Morgan fingerprint density at radius 2 is 1.95 bits per heavy atom. The van der Waals surface area contributed by atoms with Crippen molar-refractivity contribution >= 4 is 11.5 Å². The minimum Gasteiger partial charge on any atom is -0.364 e. The SMILES string of the molecule is Cc1noc(C)c1CNc1ccc2nnc(C(C)(C)C)n2n1. The monoisotopic (exact) mass is 300 g/mol. The molecule has 0 aliphatic rings. The smallest absolute Gasteiger partial charge is 0.178 e. The van der Waals surface area contributed by atoms with Gasteiger partial charge in [-0.05, 0) is 26.0 Å². The molecule has 3 rings (SSSR count). The molecule has 22 heavy (non-hydrogen) atoms. The Kier molecular flexibility index (Phi) is 3.35. The third kappa shape index (κ3) is 2.54. The van der Waals surface area contributed by atoms with Crippen molar-refractivity contribution in [2.24, 2.45) is 0 Å². The van der Waals surface area contributed by atoms with Crippen LogP contribution in [0.3, 0.4) is 0 Å². The summed E-state index contributed by atoms with van der Waals surface area (Å²) in [5, 5.41) is 20.3. The summed E-state index contributed by atoms with van der Waals surface area (Å²) in [5.41, 5.74) is 2.58. The standard InChI is InChI=1S/C15H20N6O/c1-9-11(10(2)22-20-9)8-16-12-6-7-13-17-18-14(15(3,4)5)21(13)19-12/h6-7H,8H2,1-5H3,(H,16,19). The molecule has 7 nitrogen and oxygen atoms in total. The van der Waals surface area contributed by atoms with Gasteiger partial charge in [-0.2, -0.15) is 4.52 Å². The summed E-state index contributed by atoms with van der Waals surface area (Å²) in [6.45, 7) is 10.7. The molecule has 0 radical (unpaired) electrons. The summed E-state index contributed by atoms with van der Waals surface area (Å²) < 4.78 is 6.96. The maximum atomic E-state index is 5.17. The maximum absolute atomic E-state index is 5.17. The van der Waals surface area contributed by atoms with Crippen LogP contribution in [0, 0.1) is 13.8 Å². The third-order valence-corrected chi connectivity index (χ3v) is 3.56. The average molecular weight is 300 g/mol. The van der Waals surface area contributed by atoms with Gasteiger partial charge in [0, 0.05) is 17.5 Å². The van der Waals surface area contributed by atoms with E-state index >= 15 is 0 Å². The third-order valence-electron chi connectivity index (χ3n) is 3.56. The van der Waals surface area contributed by atoms with Crippen molar-refractivity contribution < 1.29 is 4.52 Å². The van der Waals surface area contributed by atoms with E-state index in [0.717, 1.165) is 34.3 Å². The topological polar surface area (TPSA) is 81.1 Å². The molecular formula is C15H20N6O. The highest BCUT2D eigenvalue weighted by atomic mass is 16.5. The molecule has 0 aromatic carbocycles. The maximum Gasteiger partial charge on any atom is 0.178 e. The van der Waals surface area contributed by atoms with Gasteiger partial charge >= 0.3 is 0 Å². The Bertz CT molecular complexity index is 792. The number of aryl methyl sites for hydroxylation is 2. The quantitative estimate of drug-likeness (QED) is 0.801. The Morgan fingerprint density at radius 1 is 1.18 bits per heavy atom.